The van der Waals surface area contributed by atoms with Gasteiger partial charge in [-0.3, -0.25) is 0 Å². The molecule has 1 aliphatic carbocycles. The van der Waals surface area contributed by atoms with Crippen LogP contribution in [0.4, 0.5) is 0 Å². The highest BCUT2D eigenvalue weighted by Crippen LogP contribution is 2.25. The third-order valence-electron chi connectivity index (χ3n) is 3.28. The minimum atomic E-state index is -3.61. The maximum absolute atomic E-state index is 12.2. The highest BCUT2D eigenvalue weighted by atomic mass is 35.5. The van der Waals surface area contributed by atoms with Gasteiger partial charge in [0.05, 0.1) is 16.7 Å². The van der Waals surface area contributed by atoms with Crippen molar-refractivity contribution in [2.24, 2.45) is 0 Å². The van der Waals surface area contributed by atoms with Crippen LogP contribution in [-0.4, -0.2) is 14.5 Å². The molecule has 1 aliphatic rings. The van der Waals surface area contributed by atoms with Gasteiger partial charge in [-0.2, -0.15) is 5.26 Å². The van der Waals surface area contributed by atoms with Crippen molar-refractivity contribution in [3.63, 3.8) is 0 Å². The van der Waals surface area contributed by atoms with Crippen LogP contribution in [0.3, 0.4) is 0 Å². The van der Waals surface area contributed by atoms with Gasteiger partial charge in [-0.15, -0.1) is 0 Å². The Labute approximate surface area is 118 Å². The van der Waals surface area contributed by atoms with Gasteiger partial charge in [0.2, 0.25) is 10.0 Å². The third kappa shape index (κ3) is 3.47. The molecule has 0 spiro atoms. The van der Waals surface area contributed by atoms with Crippen LogP contribution in [0.2, 0.25) is 5.02 Å². The lowest BCUT2D eigenvalue weighted by Gasteiger charge is -2.22. The molecular formula is C13H15ClN2O2S. The topological polar surface area (TPSA) is 70.0 Å². The zero-order chi connectivity index (χ0) is 13.9. The fraction of sp³-hybridized carbons (Fsp3) is 0.462. The lowest BCUT2D eigenvalue weighted by Crippen LogP contribution is -2.36. The van der Waals surface area contributed by atoms with Crippen LogP contribution in [0.15, 0.2) is 23.1 Å². The molecule has 0 aliphatic heterocycles. The normalized spacial score (nSPS) is 17.1. The lowest BCUT2D eigenvalue weighted by molar-refractivity contribution is 0.412. The molecule has 6 heteroatoms. The van der Waals surface area contributed by atoms with Crippen molar-refractivity contribution in [2.75, 3.05) is 0 Å². The Morgan fingerprint density at radius 2 is 1.95 bits per heavy atom. The largest absolute Gasteiger partial charge is 0.242 e. The van der Waals surface area contributed by atoms with E-state index in [0.29, 0.717) is 5.56 Å². The molecule has 4 nitrogen and oxygen atoms in total. The number of hydrogen-bond acceptors (Lipinski definition) is 3. The summed E-state index contributed by atoms with van der Waals surface area (Å²) in [6.45, 7) is 0. The Kier molecular flexibility index (Phi) is 4.46. The molecule has 0 unspecified atom stereocenters. The van der Waals surface area contributed by atoms with Crippen molar-refractivity contribution < 1.29 is 8.42 Å². The molecule has 1 aromatic rings. The molecule has 1 saturated carbocycles. The number of hydrogen-bond donors (Lipinski definition) is 1. The summed E-state index contributed by atoms with van der Waals surface area (Å²) >= 11 is 5.94. The summed E-state index contributed by atoms with van der Waals surface area (Å²) in [5, 5.41) is 8.83. The molecular weight excluding hydrogens is 284 g/mol. The number of nitriles is 1. The first-order chi connectivity index (χ1) is 9.03. The summed E-state index contributed by atoms with van der Waals surface area (Å²) in [7, 11) is -3.61. The van der Waals surface area contributed by atoms with Crippen LogP contribution in [0, 0.1) is 11.3 Å². The van der Waals surface area contributed by atoms with Crippen LogP contribution in [0.25, 0.3) is 0 Å². The average molecular weight is 299 g/mol. The van der Waals surface area contributed by atoms with E-state index >= 15 is 0 Å². The fourth-order valence-corrected chi connectivity index (χ4v) is 4.14. The van der Waals surface area contributed by atoms with Gasteiger partial charge in [0.15, 0.2) is 0 Å². The first-order valence-corrected chi connectivity index (χ1v) is 8.11. The van der Waals surface area contributed by atoms with Gasteiger partial charge in [-0.05, 0) is 31.0 Å². The zero-order valence-corrected chi connectivity index (χ0v) is 12.0. The Morgan fingerprint density at radius 3 is 2.53 bits per heavy atom. The van der Waals surface area contributed by atoms with Crippen molar-refractivity contribution in [1.82, 2.24) is 4.72 Å². The summed E-state index contributed by atoms with van der Waals surface area (Å²) in [5.74, 6) is 0. The maximum atomic E-state index is 12.2. The van der Waals surface area contributed by atoms with Gasteiger partial charge in [0, 0.05) is 6.04 Å². The van der Waals surface area contributed by atoms with Gasteiger partial charge in [-0.25, -0.2) is 13.1 Å². The van der Waals surface area contributed by atoms with Gasteiger partial charge in [0.1, 0.15) is 4.90 Å². The molecule has 0 bridgehead atoms. The number of nitrogens with one attached hydrogen (secondary N) is 1. The molecule has 102 valence electrons. The van der Waals surface area contributed by atoms with Crippen LogP contribution in [-0.2, 0) is 10.0 Å². The summed E-state index contributed by atoms with van der Waals surface area (Å²) in [5.41, 5.74) is 0.349. The smallest absolute Gasteiger partial charge is 0.208 e. The van der Waals surface area contributed by atoms with Gasteiger partial charge in [-0.1, -0.05) is 30.9 Å². The fourth-order valence-electron chi connectivity index (χ4n) is 2.29. The summed E-state index contributed by atoms with van der Waals surface area (Å²) in [6, 6.07) is 6.13. The van der Waals surface area contributed by atoms with Gasteiger partial charge >= 0.3 is 0 Å². The predicted molar refractivity (Wildman–Crippen MR) is 73.4 cm³/mol. The van der Waals surface area contributed by atoms with Crippen molar-refractivity contribution in [1.29, 1.82) is 5.26 Å². The van der Waals surface area contributed by atoms with E-state index in [2.05, 4.69) is 4.72 Å². The van der Waals surface area contributed by atoms with Crippen molar-refractivity contribution >= 4 is 21.6 Å². The minimum absolute atomic E-state index is 0.00883. The zero-order valence-electron chi connectivity index (χ0n) is 10.4. The molecule has 0 saturated heterocycles. The van der Waals surface area contributed by atoms with Crippen LogP contribution in [0.1, 0.15) is 37.7 Å². The number of benzene rings is 1. The Morgan fingerprint density at radius 1 is 1.26 bits per heavy atom. The minimum Gasteiger partial charge on any atom is -0.208 e. The SMILES string of the molecule is N#Cc1ccc(S(=O)(=O)NC2CCCCC2)c(Cl)c1. The van der Waals surface area contributed by atoms with Gasteiger partial charge in [0.25, 0.3) is 0 Å². The Balaban J connectivity index is 2.22. The van der Waals surface area contributed by atoms with E-state index in [1.54, 1.807) is 0 Å². The van der Waals surface area contributed by atoms with E-state index in [1.165, 1.54) is 18.2 Å². The molecule has 0 aromatic heterocycles. The molecule has 19 heavy (non-hydrogen) atoms. The molecule has 0 heterocycles. The molecule has 1 fully saturated rings. The van der Waals surface area contributed by atoms with Crippen molar-refractivity contribution in [2.45, 2.75) is 43.0 Å². The van der Waals surface area contributed by atoms with Crippen molar-refractivity contribution in [3.8, 4) is 6.07 Å². The molecule has 2 rings (SSSR count). The predicted octanol–water partition coefficient (Wildman–Crippen LogP) is 2.82. The highest BCUT2D eigenvalue weighted by molar-refractivity contribution is 7.89. The second-order valence-electron chi connectivity index (χ2n) is 4.71. The number of nitrogens with zero attached hydrogens (tertiary/aromatic N) is 1. The summed E-state index contributed by atoms with van der Waals surface area (Å²) < 4.78 is 27.2. The van der Waals surface area contributed by atoms with Gasteiger partial charge < -0.3 is 0 Å². The first kappa shape index (κ1) is 14.3. The highest BCUT2D eigenvalue weighted by Gasteiger charge is 2.23. The van der Waals surface area contributed by atoms with Crippen LogP contribution in [0.5, 0.6) is 0 Å². The number of rotatable bonds is 3. The average Bonchev–Trinajstić information content (AvgIpc) is 2.38. The number of halogens is 1. The van der Waals surface area contributed by atoms with E-state index in [1.807, 2.05) is 6.07 Å². The lowest BCUT2D eigenvalue weighted by atomic mass is 9.96. The molecule has 0 atom stereocenters. The monoisotopic (exact) mass is 298 g/mol. The van der Waals surface area contributed by atoms with E-state index in [9.17, 15) is 8.42 Å². The quantitative estimate of drug-likeness (QED) is 0.933. The third-order valence-corrected chi connectivity index (χ3v) is 5.28. The van der Waals surface area contributed by atoms with Crippen LogP contribution < -0.4 is 4.72 Å². The number of sulfonamides is 1. The van der Waals surface area contributed by atoms with Crippen LogP contribution >= 0.6 is 11.6 Å². The molecule has 1 N–H and O–H groups in total. The first-order valence-electron chi connectivity index (χ1n) is 6.25. The summed E-state index contributed by atoms with van der Waals surface area (Å²) in [6.07, 6.45) is 5.00. The second-order valence-corrected chi connectivity index (χ2v) is 6.80. The van der Waals surface area contributed by atoms with E-state index < -0.39 is 10.0 Å². The second kappa shape index (κ2) is 5.91. The van der Waals surface area contributed by atoms with E-state index in [-0.39, 0.29) is 16.0 Å². The molecule has 0 amide bonds. The molecule has 1 aromatic carbocycles. The van der Waals surface area contributed by atoms with E-state index in [0.717, 1.165) is 32.1 Å². The van der Waals surface area contributed by atoms with E-state index in [4.69, 9.17) is 16.9 Å². The summed E-state index contributed by atoms with van der Waals surface area (Å²) in [4.78, 5) is 0.0405. The molecule has 0 radical (unpaired) electrons. The Hall–Kier alpha value is -1.09. The Bertz CT molecular complexity index is 602. The maximum Gasteiger partial charge on any atom is 0.242 e. The standard InChI is InChI=1S/C13H15ClN2O2S/c14-12-8-10(9-15)6-7-13(12)19(17,18)16-11-4-2-1-3-5-11/h6-8,11,16H,1-5H2. The van der Waals surface area contributed by atoms with Crippen molar-refractivity contribution in [3.05, 3.63) is 28.8 Å².